The zero-order valence-electron chi connectivity index (χ0n) is 9.21. The second-order valence-electron chi connectivity index (χ2n) is 1.12. The molecule has 0 aromatic heterocycles. The summed E-state index contributed by atoms with van der Waals surface area (Å²) in [6.45, 7) is 0. The van der Waals surface area contributed by atoms with Gasteiger partial charge in [-0.25, -0.2) is 0 Å². The summed E-state index contributed by atoms with van der Waals surface area (Å²) in [6, 6.07) is 0. The van der Waals surface area contributed by atoms with Gasteiger partial charge in [0.25, 0.3) is 0 Å². The molecule has 0 aromatic rings. The first-order valence-electron chi connectivity index (χ1n) is 2.74. The SMILES string of the molecule is [Fe+3].[O]=[Ta](=[O])[O-].[O]=[Ta](=[O])[O-].[O]=[Ta](=[O])[O-].[O]=[Ta](=[O])[O-].[O]=[Ta](=[O])[O-].[Pb+2]. The van der Waals surface area contributed by atoms with Gasteiger partial charge in [-0.05, 0) is 0 Å². The van der Waals surface area contributed by atoms with Crippen molar-refractivity contribution in [1.82, 2.24) is 0 Å². The predicted molar refractivity (Wildman–Crippen MR) is 12.6 cm³/mol. The molecule has 0 aliphatic heterocycles. The maximum Gasteiger partial charge on any atom is 2.00 e. The minimum Gasteiger partial charge on any atom is 2.00 e. The first-order chi connectivity index (χ1) is 8.66. The summed E-state index contributed by atoms with van der Waals surface area (Å²) in [6.07, 6.45) is 0. The van der Waals surface area contributed by atoms with Gasteiger partial charge >= 0.3 is 189 Å². The second-order valence-corrected chi connectivity index (χ2v) is 9.15. The summed E-state index contributed by atoms with van der Waals surface area (Å²) >= 11 is -21.7. The van der Waals surface area contributed by atoms with Crippen molar-refractivity contribution < 1.29 is 162 Å². The molecule has 0 saturated carbocycles. The maximum absolute atomic E-state index is 8.62. The van der Waals surface area contributed by atoms with E-state index < -0.39 is 93.9 Å². The van der Waals surface area contributed by atoms with Gasteiger partial charge in [0, 0.05) is 0 Å². The number of hydrogen-bond donors (Lipinski definition) is 0. The van der Waals surface area contributed by atoms with Gasteiger partial charge in [-0.15, -0.1) is 0 Å². The maximum atomic E-state index is 8.62. The van der Waals surface area contributed by atoms with E-state index in [2.05, 4.69) is 0 Å². The Bertz CT molecular complexity index is 386. The van der Waals surface area contributed by atoms with Gasteiger partial charge in [-0.1, -0.05) is 0 Å². The Kier molecular flexibility index (Phi) is 79.0. The molecule has 0 aliphatic carbocycles. The Morgan fingerprint density at radius 3 is 0.364 bits per heavy atom. The minimum absolute atomic E-state index is 0. The first-order valence-corrected chi connectivity index (χ1v) is 22.4. The van der Waals surface area contributed by atoms with Crippen LogP contribution in [0.3, 0.4) is 0 Å². The van der Waals surface area contributed by atoms with Gasteiger partial charge in [0.1, 0.15) is 0 Å². The summed E-state index contributed by atoms with van der Waals surface area (Å²) < 4.78 is 129. The molecule has 0 aliphatic rings. The molecule has 0 amide bonds. The topological polar surface area (TPSA) is 286 Å². The van der Waals surface area contributed by atoms with Crippen LogP contribution in [0.25, 0.3) is 0 Å². The predicted octanol–water partition coefficient (Wildman–Crippen LogP) is -7.53. The van der Waals surface area contributed by atoms with E-state index in [-0.39, 0.29) is 44.4 Å². The van der Waals surface area contributed by atoms with Crippen molar-refractivity contribution >= 4 is 27.3 Å². The minimum atomic E-state index is -4.34. The third-order valence-electron chi connectivity index (χ3n) is 0. The van der Waals surface area contributed by atoms with Crippen molar-refractivity contribution in [3.8, 4) is 0 Å². The van der Waals surface area contributed by atoms with Gasteiger partial charge < -0.3 is 0 Å². The van der Waals surface area contributed by atoms with Crippen LogP contribution in [-0.2, 0) is 143 Å². The molecule has 0 heterocycles. The summed E-state index contributed by atoms with van der Waals surface area (Å²) in [5, 5.41) is 0. The Labute approximate surface area is 185 Å². The van der Waals surface area contributed by atoms with Gasteiger partial charge in [0.2, 0.25) is 0 Å². The Morgan fingerprint density at radius 1 is 0.364 bits per heavy atom. The van der Waals surface area contributed by atoms with Crippen LogP contribution in [0.5, 0.6) is 0 Å². The van der Waals surface area contributed by atoms with Crippen molar-refractivity contribution in [2.24, 2.45) is 0 Å². The van der Waals surface area contributed by atoms with E-state index in [1.807, 2.05) is 0 Å². The molecule has 22 heteroatoms. The fourth-order valence-electron chi connectivity index (χ4n) is 0. The molecule has 0 spiro atoms. The molecule has 127 valence electrons. The normalized spacial score (nSPS) is 5.68. The fourth-order valence-corrected chi connectivity index (χ4v) is 0. The van der Waals surface area contributed by atoms with Crippen molar-refractivity contribution in [3.05, 3.63) is 0 Å². The molecule has 3 radical (unpaired) electrons. The van der Waals surface area contributed by atoms with Gasteiger partial charge in [0.05, 0.1) is 0 Å². The average molecular weight is 1410 g/mol. The van der Waals surface area contributed by atoms with Crippen LogP contribution < -0.4 is 18.1 Å². The third-order valence-corrected chi connectivity index (χ3v) is 0. The van der Waals surface area contributed by atoms with E-state index in [1.165, 1.54) is 0 Å². The van der Waals surface area contributed by atoms with Crippen molar-refractivity contribution in [2.75, 3.05) is 0 Å². The van der Waals surface area contributed by atoms with E-state index in [4.69, 9.17) is 50.6 Å². The summed E-state index contributed by atoms with van der Waals surface area (Å²) in [7, 11) is 0. The molecule has 22 heavy (non-hydrogen) atoms. The van der Waals surface area contributed by atoms with E-state index in [0.29, 0.717) is 0 Å². The van der Waals surface area contributed by atoms with Gasteiger partial charge in [-0.2, -0.15) is 0 Å². The van der Waals surface area contributed by atoms with Crippen LogP contribution in [0.15, 0.2) is 0 Å². The molecule has 0 fully saturated rings. The molecule has 0 rings (SSSR count). The summed E-state index contributed by atoms with van der Waals surface area (Å²) in [5.41, 5.74) is 0. The standard InChI is InChI=1S/Fe.15O.Pb.5Ta/q+3;;;;;;;;;;;5*-1;+2;;;;;. The van der Waals surface area contributed by atoms with Crippen molar-refractivity contribution in [3.63, 3.8) is 0 Å². The van der Waals surface area contributed by atoms with Crippen LogP contribution >= 0.6 is 0 Å². The number of rotatable bonds is 0. The molecular formula is FeO15PbTa5. The Hall–Kier alpha value is 2.94. The first kappa shape index (κ1) is 44.4. The molecule has 0 atom stereocenters. The zero-order valence-corrected chi connectivity index (χ0v) is 30.3. The van der Waals surface area contributed by atoms with E-state index in [9.17, 15) is 0 Å². The molecule has 15 nitrogen and oxygen atoms in total. The second kappa shape index (κ2) is 39.1. The largest absolute Gasteiger partial charge is 2.00 e. The van der Waals surface area contributed by atoms with Crippen molar-refractivity contribution in [2.45, 2.75) is 0 Å². The summed E-state index contributed by atoms with van der Waals surface area (Å²) in [5.74, 6) is 0. The fraction of sp³-hybridized carbons (Fsp3) is 0. The Morgan fingerprint density at radius 2 is 0.364 bits per heavy atom. The van der Waals surface area contributed by atoms with E-state index in [1.54, 1.807) is 0 Å². The van der Waals surface area contributed by atoms with Crippen LogP contribution in [0.2, 0.25) is 0 Å². The molecule has 0 saturated heterocycles. The average Bonchev–Trinajstić information content (AvgIpc) is 1.94. The van der Waals surface area contributed by atoms with Gasteiger partial charge in [0.15, 0.2) is 0 Å². The van der Waals surface area contributed by atoms with Crippen LogP contribution in [0, 0.1) is 0 Å². The van der Waals surface area contributed by atoms with Crippen molar-refractivity contribution in [1.29, 1.82) is 0 Å². The monoisotopic (exact) mass is 1410 g/mol. The van der Waals surface area contributed by atoms with Crippen LogP contribution in [0.1, 0.15) is 0 Å². The molecule has 0 unspecified atom stereocenters. The molecular weight excluding hydrogens is 1410 g/mol. The number of hydrogen-bond acceptors (Lipinski definition) is 15. The molecule has 0 N–H and O–H groups in total. The van der Waals surface area contributed by atoms with Crippen LogP contribution in [0.4, 0.5) is 0 Å². The molecule has 0 bridgehead atoms. The van der Waals surface area contributed by atoms with E-state index >= 15 is 0 Å². The third kappa shape index (κ3) is 1280. The molecule has 0 aromatic carbocycles. The zero-order chi connectivity index (χ0) is 17.9. The van der Waals surface area contributed by atoms with E-state index in [0.717, 1.165) is 0 Å². The Balaban J connectivity index is -0.0000000250. The smallest absolute Gasteiger partial charge is 2.00 e. The van der Waals surface area contributed by atoms with Crippen LogP contribution in [-0.4, -0.2) is 27.3 Å². The van der Waals surface area contributed by atoms with Gasteiger partial charge in [-0.3, -0.25) is 0 Å². The summed E-state index contributed by atoms with van der Waals surface area (Å²) in [4.78, 5) is 0. The quantitative estimate of drug-likeness (QED) is 0.204.